The van der Waals surface area contributed by atoms with Crippen LogP contribution < -0.4 is 4.90 Å². The molecule has 1 fully saturated rings. The molecule has 1 saturated heterocycles. The highest BCUT2D eigenvalue weighted by atomic mass is 32.1. The first kappa shape index (κ1) is 19.1. The van der Waals surface area contributed by atoms with Crippen LogP contribution in [0.1, 0.15) is 35.1 Å². The molecule has 1 unspecified atom stereocenters. The lowest BCUT2D eigenvalue weighted by Gasteiger charge is -2.23. The standard InChI is InChI=1S/C23H26N2O2S/c1-15-6-8-17(3)18(11-15)13-22(26)25(14-19-5-4-10-27-19)23-24-20-9-7-16(2)12-21(20)28-23/h6-9,11-12,19H,4-5,10,13-14H2,1-3H3. The molecule has 1 atom stereocenters. The molecule has 1 amide bonds. The van der Waals surface area contributed by atoms with Crippen LogP contribution in [0.5, 0.6) is 0 Å². The van der Waals surface area contributed by atoms with Gasteiger partial charge in [0.25, 0.3) is 0 Å². The van der Waals surface area contributed by atoms with Gasteiger partial charge in [-0.05, 0) is 62.4 Å². The van der Waals surface area contributed by atoms with Gasteiger partial charge in [0.1, 0.15) is 0 Å². The van der Waals surface area contributed by atoms with Crippen LogP contribution in [0.15, 0.2) is 36.4 Å². The molecule has 146 valence electrons. The maximum Gasteiger partial charge on any atom is 0.233 e. The van der Waals surface area contributed by atoms with E-state index in [0.717, 1.165) is 45.9 Å². The van der Waals surface area contributed by atoms with Gasteiger partial charge in [-0.25, -0.2) is 4.98 Å². The van der Waals surface area contributed by atoms with Crippen molar-refractivity contribution in [3.63, 3.8) is 0 Å². The van der Waals surface area contributed by atoms with E-state index in [9.17, 15) is 4.79 Å². The number of benzene rings is 2. The summed E-state index contributed by atoms with van der Waals surface area (Å²) in [5, 5.41) is 0.770. The molecule has 1 aromatic heterocycles. The number of fused-ring (bicyclic) bond motifs is 1. The maximum absolute atomic E-state index is 13.3. The zero-order valence-electron chi connectivity index (χ0n) is 16.7. The van der Waals surface area contributed by atoms with Crippen LogP contribution in [0.3, 0.4) is 0 Å². The molecule has 0 spiro atoms. The predicted octanol–water partition coefficient (Wildman–Crippen LogP) is 4.98. The summed E-state index contributed by atoms with van der Waals surface area (Å²) in [6, 6.07) is 12.5. The van der Waals surface area contributed by atoms with Gasteiger partial charge in [-0.3, -0.25) is 9.69 Å². The third kappa shape index (κ3) is 4.10. The summed E-state index contributed by atoms with van der Waals surface area (Å²) in [6.07, 6.45) is 2.53. The van der Waals surface area contributed by atoms with Gasteiger partial charge in [0.05, 0.1) is 29.3 Å². The van der Waals surface area contributed by atoms with Crippen molar-refractivity contribution in [3.8, 4) is 0 Å². The minimum absolute atomic E-state index is 0.0833. The Morgan fingerprint density at radius 1 is 1.18 bits per heavy atom. The Labute approximate surface area is 170 Å². The summed E-state index contributed by atoms with van der Waals surface area (Å²) < 4.78 is 6.94. The van der Waals surface area contributed by atoms with Gasteiger partial charge in [-0.1, -0.05) is 41.2 Å². The molecular formula is C23H26N2O2S. The van der Waals surface area contributed by atoms with E-state index in [1.54, 1.807) is 11.3 Å². The van der Waals surface area contributed by atoms with Crippen LogP contribution in [0.4, 0.5) is 5.13 Å². The number of hydrogen-bond donors (Lipinski definition) is 0. The summed E-state index contributed by atoms with van der Waals surface area (Å²) in [5.74, 6) is 0.0833. The number of ether oxygens (including phenoxy) is 1. The lowest BCUT2D eigenvalue weighted by Crippen LogP contribution is -2.38. The Balaban J connectivity index is 1.65. The third-order valence-corrected chi connectivity index (χ3v) is 6.36. The smallest absolute Gasteiger partial charge is 0.233 e. The zero-order valence-corrected chi connectivity index (χ0v) is 17.5. The number of carbonyl (C=O) groups excluding carboxylic acids is 1. The molecule has 0 bridgehead atoms. The molecule has 0 N–H and O–H groups in total. The molecule has 2 heterocycles. The van der Waals surface area contributed by atoms with Crippen molar-refractivity contribution in [2.75, 3.05) is 18.1 Å². The first-order valence-corrected chi connectivity index (χ1v) is 10.7. The van der Waals surface area contributed by atoms with Crippen molar-refractivity contribution >= 4 is 32.6 Å². The van der Waals surface area contributed by atoms with Gasteiger partial charge in [0.15, 0.2) is 5.13 Å². The van der Waals surface area contributed by atoms with Crippen LogP contribution in [0.25, 0.3) is 10.2 Å². The average Bonchev–Trinajstić information content (AvgIpc) is 3.31. The van der Waals surface area contributed by atoms with Gasteiger partial charge in [0, 0.05) is 6.61 Å². The second-order valence-corrected chi connectivity index (χ2v) is 8.72. The van der Waals surface area contributed by atoms with E-state index < -0.39 is 0 Å². The lowest BCUT2D eigenvalue weighted by molar-refractivity contribution is -0.118. The van der Waals surface area contributed by atoms with Gasteiger partial charge >= 0.3 is 0 Å². The van der Waals surface area contributed by atoms with Gasteiger partial charge in [-0.15, -0.1) is 0 Å². The van der Waals surface area contributed by atoms with Crippen molar-refractivity contribution in [2.45, 2.75) is 46.1 Å². The normalized spacial score (nSPS) is 16.6. The van der Waals surface area contributed by atoms with E-state index in [-0.39, 0.29) is 12.0 Å². The van der Waals surface area contributed by atoms with Crippen molar-refractivity contribution < 1.29 is 9.53 Å². The Bertz CT molecular complexity index is 1010. The molecule has 4 rings (SSSR count). The summed E-state index contributed by atoms with van der Waals surface area (Å²) >= 11 is 1.59. The van der Waals surface area contributed by atoms with Crippen LogP contribution in [-0.2, 0) is 16.0 Å². The quantitative estimate of drug-likeness (QED) is 0.613. The molecule has 0 radical (unpaired) electrons. The fraction of sp³-hybridized carbons (Fsp3) is 0.391. The Morgan fingerprint density at radius 3 is 2.75 bits per heavy atom. The van der Waals surface area contributed by atoms with Crippen molar-refractivity contribution in [1.29, 1.82) is 0 Å². The molecule has 28 heavy (non-hydrogen) atoms. The molecule has 4 nitrogen and oxygen atoms in total. The second kappa shape index (κ2) is 8.02. The van der Waals surface area contributed by atoms with E-state index in [0.29, 0.717) is 13.0 Å². The highest BCUT2D eigenvalue weighted by Gasteiger charge is 2.26. The third-order valence-electron chi connectivity index (χ3n) is 5.32. The van der Waals surface area contributed by atoms with Gasteiger partial charge in [-0.2, -0.15) is 0 Å². The Morgan fingerprint density at radius 2 is 1.96 bits per heavy atom. The van der Waals surface area contributed by atoms with Gasteiger partial charge in [0.2, 0.25) is 5.91 Å². The number of anilines is 1. The van der Waals surface area contributed by atoms with Crippen LogP contribution >= 0.6 is 11.3 Å². The Hall–Kier alpha value is -2.24. The van der Waals surface area contributed by atoms with Crippen molar-refractivity contribution in [3.05, 3.63) is 58.7 Å². The summed E-state index contributed by atoms with van der Waals surface area (Å²) in [5.41, 5.74) is 5.56. The molecule has 0 aliphatic carbocycles. The van der Waals surface area contributed by atoms with Crippen molar-refractivity contribution in [1.82, 2.24) is 4.98 Å². The topological polar surface area (TPSA) is 42.4 Å². The molecular weight excluding hydrogens is 368 g/mol. The first-order valence-electron chi connectivity index (χ1n) is 9.85. The summed E-state index contributed by atoms with van der Waals surface area (Å²) in [4.78, 5) is 20.0. The summed E-state index contributed by atoms with van der Waals surface area (Å²) in [6.45, 7) is 7.56. The minimum Gasteiger partial charge on any atom is -0.376 e. The fourth-order valence-corrected chi connectivity index (χ4v) is 4.75. The monoisotopic (exact) mass is 394 g/mol. The number of thiazole rings is 1. The van der Waals surface area contributed by atoms with E-state index >= 15 is 0 Å². The molecule has 1 aliphatic rings. The number of amides is 1. The number of aromatic nitrogens is 1. The van der Waals surface area contributed by atoms with E-state index in [1.807, 2.05) is 11.0 Å². The van der Waals surface area contributed by atoms with Gasteiger partial charge < -0.3 is 4.74 Å². The lowest BCUT2D eigenvalue weighted by atomic mass is 10.0. The zero-order chi connectivity index (χ0) is 19.7. The first-order chi connectivity index (χ1) is 13.5. The molecule has 5 heteroatoms. The molecule has 3 aromatic rings. The van der Waals surface area contributed by atoms with E-state index in [2.05, 4.69) is 51.1 Å². The fourth-order valence-electron chi connectivity index (χ4n) is 3.66. The largest absolute Gasteiger partial charge is 0.376 e. The number of rotatable bonds is 5. The SMILES string of the molecule is Cc1ccc(C)c(CC(=O)N(CC2CCCO2)c2nc3ccc(C)cc3s2)c1. The number of carbonyl (C=O) groups is 1. The number of aryl methyl sites for hydroxylation is 3. The minimum atomic E-state index is 0.0833. The summed E-state index contributed by atoms with van der Waals surface area (Å²) in [7, 11) is 0. The highest BCUT2D eigenvalue weighted by molar-refractivity contribution is 7.22. The molecule has 0 saturated carbocycles. The van der Waals surface area contributed by atoms with E-state index in [1.165, 1.54) is 11.1 Å². The van der Waals surface area contributed by atoms with Crippen LogP contribution in [0, 0.1) is 20.8 Å². The number of nitrogens with zero attached hydrogens (tertiary/aromatic N) is 2. The van der Waals surface area contributed by atoms with Crippen LogP contribution in [-0.4, -0.2) is 30.1 Å². The Kier molecular flexibility index (Phi) is 5.47. The van der Waals surface area contributed by atoms with E-state index in [4.69, 9.17) is 9.72 Å². The molecule has 2 aromatic carbocycles. The molecule has 1 aliphatic heterocycles. The predicted molar refractivity (Wildman–Crippen MR) is 115 cm³/mol. The average molecular weight is 395 g/mol. The highest BCUT2D eigenvalue weighted by Crippen LogP contribution is 2.31. The van der Waals surface area contributed by atoms with Crippen LogP contribution in [0.2, 0.25) is 0 Å². The second-order valence-electron chi connectivity index (χ2n) is 7.71. The van der Waals surface area contributed by atoms with Crippen molar-refractivity contribution in [2.24, 2.45) is 0 Å². The number of hydrogen-bond acceptors (Lipinski definition) is 4. The maximum atomic E-state index is 13.3.